The number of aryl methyl sites for hydroxylation is 1. The van der Waals surface area contributed by atoms with Gasteiger partial charge in [-0.05, 0) is 61.5 Å². The number of aromatic nitrogens is 1. The standard InChI is InChI=1S/C19H23F2N3OS/c1-23-12-5-7-16(23)17-6-3-2-4-13-24(17)19(26)22-14-8-10-15(11-9-14)25-18(20)21/h5,7-12,17-18H,2-4,6,13H2,1H3,(H,22,26)/t17-/m1/s1. The largest absolute Gasteiger partial charge is 0.435 e. The smallest absolute Gasteiger partial charge is 0.387 e. The van der Waals surface area contributed by atoms with Crippen LogP contribution < -0.4 is 10.1 Å². The van der Waals surface area contributed by atoms with E-state index in [2.05, 4.69) is 44.9 Å². The second-order valence-corrected chi connectivity index (χ2v) is 6.82. The first-order chi connectivity index (χ1) is 12.5. The fourth-order valence-corrected chi connectivity index (χ4v) is 3.73. The molecule has 0 amide bonds. The fourth-order valence-electron chi connectivity index (χ4n) is 3.39. The molecule has 1 N–H and O–H groups in total. The first-order valence-electron chi connectivity index (χ1n) is 8.78. The van der Waals surface area contributed by atoms with Gasteiger partial charge in [0, 0.05) is 31.2 Å². The van der Waals surface area contributed by atoms with Crippen LogP contribution in [0.4, 0.5) is 14.5 Å². The molecule has 1 aromatic heterocycles. The van der Waals surface area contributed by atoms with Crippen molar-refractivity contribution in [1.82, 2.24) is 9.47 Å². The van der Waals surface area contributed by atoms with E-state index in [9.17, 15) is 8.78 Å². The van der Waals surface area contributed by atoms with Crippen molar-refractivity contribution in [2.24, 2.45) is 7.05 Å². The number of alkyl halides is 2. The summed E-state index contributed by atoms with van der Waals surface area (Å²) in [6.45, 7) is -1.92. The number of hydrogen-bond donors (Lipinski definition) is 1. The minimum atomic E-state index is -2.82. The monoisotopic (exact) mass is 379 g/mol. The van der Waals surface area contributed by atoms with Crippen LogP contribution in [0.2, 0.25) is 0 Å². The van der Waals surface area contributed by atoms with Gasteiger partial charge in [-0.2, -0.15) is 8.78 Å². The van der Waals surface area contributed by atoms with E-state index < -0.39 is 6.61 Å². The third-order valence-electron chi connectivity index (χ3n) is 4.67. The topological polar surface area (TPSA) is 29.4 Å². The molecular weight excluding hydrogens is 356 g/mol. The van der Waals surface area contributed by atoms with Crippen molar-refractivity contribution in [1.29, 1.82) is 0 Å². The lowest BCUT2D eigenvalue weighted by atomic mass is 10.1. The van der Waals surface area contributed by atoms with Crippen LogP contribution in [0.3, 0.4) is 0 Å². The average molecular weight is 379 g/mol. The number of hydrogen-bond acceptors (Lipinski definition) is 2. The SMILES string of the molecule is Cn1cccc1[C@H]1CCCCCN1C(=S)Nc1ccc(OC(F)F)cc1. The van der Waals surface area contributed by atoms with Gasteiger partial charge in [0.25, 0.3) is 0 Å². The molecule has 1 atom stereocenters. The molecule has 0 aliphatic carbocycles. The number of anilines is 1. The Morgan fingerprint density at radius 3 is 2.62 bits per heavy atom. The summed E-state index contributed by atoms with van der Waals surface area (Å²) in [7, 11) is 2.05. The van der Waals surface area contributed by atoms with Crippen LogP contribution >= 0.6 is 12.2 Å². The Bertz CT molecular complexity index is 733. The van der Waals surface area contributed by atoms with Gasteiger partial charge < -0.3 is 19.5 Å². The molecule has 1 fully saturated rings. The number of halogens is 2. The van der Waals surface area contributed by atoms with Gasteiger partial charge in [0.1, 0.15) is 5.75 Å². The second-order valence-electron chi connectivity index (χ2n) is 6.44. The molecule has 0 bridgehead atoms. The molecule has 2 heterocycles. The van der Waals surface area contributed by atoms with Crippen LogP contribution in [0, 0.1) is 0 Å². The van der Waals surface area contributed by atoms with Crippen LogP contribution in [-0.4, -0.2) is 27.7 Å². The van der Waals surface area contributed by atoms with Gasteiger partial charge in [-0.1, -0.05) is 12.8 Å². The Hall–Kier alpha value is -2.15. The molecule has 1 aliphatic heterocycles. The highest BCUT2D eigenvalue weighted by atomic mass is 32.1. The summed E-state index contributed by atoms with van der Waals surface area (Å²) < 4.78 is 31.0. The summed E-state index contributed by atoms with van der Waals surface area (Å²) in [4.78, 5) is 2.24. The van der Waals surface area contributed by atoms with E-state index >= 15 is 0 Å². The van der Waals surface area contributed by atoms with E-state index in [0.717, 1.165) is 25.1 Å². The van der Waals surface area contributed by atoms with Crippen LogP contribution in [-0.2, 0) is 7.05 Å². The maximum Gasteiger partial charge on any atom is 0.387 e. The van der Waals surface area contributed by atoms with Gasteiger partial charge >= 0.3 is 6.61 Å². The number of nitrogens with one attached hydrogen (secondary N) is 1. The molecule has 2 aromatic rings. The predicted molar refractivity (Wildman–Crippen MR) is 103 cm³/mol. The van der Waals surface area contributed by atoms with Crippen molar-refractivity contribution in [2.45, 2.75) is 38.3 Å². The Balaban J connectivity index is 1.72. The molecule has 1 aromatic carbocycles. The van der Waals surface area contributed by atoms with E-state index in [1.807, 2.05) is 0 Å². The third-order valence-corrected chi connectivity index (χ3v) is 5.01. The summed E-state index contributed by atoms with van der Waals surface area (Å²) in [6, 6.07) is 10.8. The molecule has 0 spiro atoms. The maximum absolute atomic E-state index is 12.3. The summed E-state index contributed by atoms with van der Waals surface area (Å²) in [6.07, 6.45) is 6.58. The predicted octanol–water partition coefficient (Wildman–Crippen LogP) is 4.94. The highest BCUT2D eigenvalue weighted by molar-refractivity contribution is 7.80. The van der Waals surface area contributed by atoms with Crippen molar-refractivity contribution >= 4 is 23.0 Å². The number of rotatable bonds is 4. The van der Waals surface area contributed by atoms with Gasteiger partial charge in [0.05, 0.1) is 6.04 Å². The van der Waals surface area contributed by atoms with E-state index in [1.165, 1.54) is 30.7 Å². The lowest BCUT2D eigenvalue weighted by Gasteiger charge is -2.33. The van der Waals surface area contributed by atoms with Gasteiger partial charge in [0.2, 0.25) is 0 Å². The molecular formula is C19H23F2N3OS. The number of nitrogens with zero attached hydrogens (tertiary/aromatic N) is 2. The van der Waals surface area contributed by atoms with Crippen LogP contribution in [0.25, 0.3) is 0 Å². The fraction of sp³-hybridized carbons (Fsp3) is 0.421. The lowest BCUT2D eigenvalue weighted by Crippen LogP contribution is -2.38. The van der Waals surface area contributed by atoms with Crippen LogP contribution in [0.1, 0.15) is 37.4 Å². The molecule has 7 heteroatoms. The number of thiocarbonyl (C=S) groups is 1. The summed E-state index contributed by atoms with van der Waals surface area (Å²) in [5.41, 5.74) is 2.00. The van der Waals surface area contributed by atoms with Crippen molar-refractivity contribution in [3.63, 3.8) is 0 Å². The van der Waals surface area contributed by atoms with Crippen molar-refractivity contribution in [3.05, 3.63) is 48.3 Å². The zero-order valence-electron chi connectivity index (χ0n) is 14.7. The van der Waals surface area contributed by atoms with Gasteiger partial charge in [-0.25, -0.2) is 0 Å². The van der Waals surface area contributed by atoms with Gasteiger partial charge in [0.15, 0.2) is 5.11 Å². The quantitative estimate of drug-likeness (QED) is 0.762. The highest BCUT2D eigenvalue weighted by Gasteiger charge is 2.26. The minimum absolute atomic E-state index is 0.132. The molecule has 1 saturated heterocycles. The zero-order chi connectivity index (χ0) is 18.5. The number of likely N-dealkylation sites (tertiary alicyclic amines) is 1. The minimum Gasteiger partial charge on any atom is -0.435 e. The van der Waals surface area contributed by atoms with Crippen LogP contribution in [0.5, 0.6) is 5.75 Å². The van der Waals surface area contributed by atoms with E-state index in [-0.39, 0.29) is 11.8 Å². The van der Waals surface area contributed by atoms with Crippen molar-refractivity contribution < 1.29 is 13.5 Å². The maximum atomic E-state index is 12.3. The molecule has 0 saturated carbocycles. The summed E-state index contributed by atoms with van der Waals surface area (Å²) in [5.74, 6) is 0.132. The molecule has 0 radical (unpaired) electrons. The van der Waals surface area contributed by atoms with E-state index in [1.54, 1.807) is 12.1 Å². The molecule has 26 heavy (non-hydrogen) atoms. The van der Waals surface area contributed by atoms with E-state index in [0.29, 0.717) is 5.11 Å². The third kappa shape index (κ3) is 4.52. The second kappa shape index (κ2) is 8.49. The average Bonchev–Trinajstić information content (AvgIpc) is 2.88. The molecule has 3 rings (SSSR count). The molecule has 140 valence electrons. The first-order valence-corrected chi connectivity index (χ1v) is 9.19. The van der Waals surface area contributed by atoms with E-state index in [4.69, 9.17) is 12.2 Å². The normalized spacial score (nSPS) is 17.8. The Morgan fingerprint density at radius 1 is 1.19 bits per heavy atom. The summed E-state index contributed by atoms with van der Waals surface area (Å²) in [5, 5.41) is 3.89. The highest BCUT2D eigenvalue weighted by Crippen LogP contribution is 2.31. The molecule has 0 unspecified atom stereocenters. The zero-order valence-corrected chi connectivity index (χ0v) is 15.5. The Morgan fingerprint density at radius 2 is 1.96 bits per heavy atom. The first kappa shape index (κ1) is 18.6. The molecule has 1 aliphatic rings. The summed E-state index contributed by atoms with van der Waals surface area (Å²) >= 11 is 5.67. The number of ether oxygens (including phenoxy) is 1. The molecule has 4 nitrogen and oxygen atoms in total. The van der Waals surface area contributed by atoms with Crippen molar-refractivity contribution in [3.8, 4) is 5.75 Å². The van der Waals surface area contributed by atoms with Gasteiger partial charge in [-0.15, -0.1) is 0 Å². The van der Waals surface area contributed by atoms with Crippen molar-refractivity contribution in [2.75, 3.05) is 11.9 Å². The number of benzene rings is 1. The van der Waals surface area contributed by atoms with Gasteiger partial charge in [-0.3, -0.25) is 0 Å². The Labute approximate surface area is 157 Å². The Kier molecular flexibility index (Phi) is 6.08. The lowest BCUT2D eigenvalue weighted by molar-refractivity contribution is -0.0498. The van der Waals surface area contributed by atoms with Crippen LogP contribution in [0.15, 0.2) is 42.6 Å².